The maximum absolute atomic E-state index is 11.9. The zero-order chi connectivity index (χ0) is 14.5. The monoisotopic (exact) mass is 280 g/mol. The Morgan fingerprint density at radius 3 is 2.95 bits per heavy atom. The second-order valence-corrected chi connectivity index (χ2v) is 4.42. The quantitative estimate of drug-likeness (QED) is 0.595. The number of carbonyl (C=O) groups is 2. The van der Waals surface area contributed by atoms with E-state index in [0.717, 1.165) is 5.69 Å². The van der Waals surface area contributed by atoms with E-state index in [4.69, 9.17) is 14.9 Å². The number of anilines is 1. The number of aliphatic hydroxyl groups excluding tert-OH is 1. The maximum atomic E-state index is 11.9. The molecular formula is C13H16N2O5. The van der Waals surface area contributed by atoms with Crippen LogP contribution in [-0.2, 0) is 9.59 Å². The number of benzene rings is 1. The van der Waals surface area contributed by atoms with E-state index in [1.54, 1.807) is 6.07 Å². The molecule has 0 saturated heterocycles. The molecule has 2 rings (SSSR count). The number of nitrogens with one attached hydrogen (secondary N) is 2. The fourth-order valence-corrected chi connectivity index (χ4v) is 1.83. The van der Waals surface area contributed by atoms with Gasteiger partial charge in [0.05, 0.1) is 12.2 Å². The number of carboxylic acids is 1. The van der Waals surface area contributed by atoms with E-state index >= 15 is 0 Å². The van der Waals surface area contributed by atoms with Crippen LogP contribution >= 0.6 is 0 Å². The molecule has 1 heterocycles. The topological polar surface area (TPSA) is 108 Å². The summed E-state index contributed by atoms with van der Waals surface area (Å²) in [4.78, 5) is 22.3. The molecule has 1 aliphatic heterocycles. The third-order valence-corrected chi connectivity index (χ3v) is 2.93. The van der Waals surface area contributed by atoms with Crippen molar-refractivity contribution in [1.29, 1.82) is 0 Å². The van der Waals surface area contributed by atoms with Crippen molar-refractivity contribution in [2.24, 2.45) is 0 Å². The van der Waals surface area contributed by atoms with E-state index in [1.807, 2.05) is 18.2 Å². The summed E-state index contributed by atoms with van der Waals surface area (Å²) in [5, 5.41) is 23.2. The minimum Gasteiger partial charge on any atom is -0.479 e. The molecule has 4 N–H and O–H groups in total. The minimum atomic E-state index is -1.47. The number of aliphatic hydroxyl groups is 1. The van der Waals surface area contributed by atoms with Gasteiger partial charge in [-0.3, -0.25) is 4.79 Å². The van der Waals surface area contributed by atoms with Gasteiger partial charge in [-0.1, -0.05) is 12.1 Å². The van der Waals surface area contributed by atoms with Crippen molar-refractivity contribution in [3.8, 4) is 5.75 Å². The summed E-state index contributed by atoms with van der Waals surface area (Å²) in [6.45, 7) is 0.415. The van der Waals surface area contributed by atoms with Crippen LogP contribution < -0.4 is 15.4 Å². The number of hydrogen-bond donors (Lipinski definition) is 4. The average Bonchev–Trinajstić information content (AvgIpc) is 2.46. The Balaban J connectivity index is 1.81. The number of aliphatic carboxylic acids is 1. The summed E-state index contributed by atoms with van der Waals surface area (Å²) in [5.41, 5.74) is 0.831. The summed E-state index contributed by atoms with van der Waals surface area (Å²) in [6, 6.07) is 7.29. The fourth-order valence-electron chi connectivity index (χ4n) is 1.83. The van der Waals surface area contributed by atoms with Crippen LogP contribution in [-0.4, -0.2) is 47.4 Å². The van der Waals surface area contributed by atoms with Crippen LogP contribution in [0.25, 0.3) is 0 Å². The van der Waals surface area contributed by atoms with Crippen molar-refractivity contribution >= 4 is 17.6 Å². The average molecular weight is 280 g/mol. The van der Waals surface area contributed by atoms with Crippen LogP contribution in [0, 0.1) is 0 Å². The SMILES string of the molecule is O=C(O)C(O)CCNC(=O)C1CNc2ccccc2O1. The van der Waals surface area contributed by atoms with Crippen LogP contribution in [0.5, 0.6) is 5.75 Å². The second kappa shape index (κ2) is 6.25. The van der Waals surface area contributed by atoms with Gasteiger partial charge < -0.3 is 25.6 Å². The molecule has 20 heavy (non-hydrogen) atoms. The van der Waals surface area contributed by atoms with Crippen LogP contribution in [0.2, 0.25) is 0 Å². The Kier molecular flexibility index (Phi) is 4.41. The highest BCUT2D eigenvalue weighted by Crippen LogP contribution is 2.28. The number of rotatable bonds is 5. The van der Waals surface area contributed by atoms with E-state index in [0.29, 0.717) is 12.3 Å². The van der Waals surface area contributed by atoms with Gasteiger partial charge in [0.15, 0.2) is 12.2 Å². The molecule has 7 nitrogen and oxygen atoms in total. The summed E-state index contributed by atoms with van der Waals surface area (Å²) >= 11 is 0. The van der Waals surface area contributed by atoms with E-state index < -0.39 is 18.2 Å². The Hall–Kier alpha value is -2.28. The lowest BCUT2D eigenvalue weighted by molar-refractivity contribution is -0.147. The van der Waals surface area contributed by atoms with E-state index in [-0.39, 0.29) is 18.9 Å². The molecule has 0 spiro atoms. The highest BCUT2D eigenvalue weighted by atomic mass is 16.5. The van der Waals surface area contributed by atoms with Crippen LogP contribution in [0.15, 0.2) is 24.3 Å². The molecule has 1 aliphatic rings. The van der Waals surface area contributed by atoms with Crippen molar-refractivity contribution in [1.82, 2.24) is 5.32 Å². The molecule has 0 saturated carbocycles. The predicted octanol–water partition coefficient (Wildman–Crippen LogP) is -0.189. The van der Waals surface area contributed by atoms with Crippen LogP contribution in [0.3, 0.4) is 0 Å². The number of carboxylic acid groups (broad SMARTS) is 1. The molecule has 0 bridgehead atoms. The lowest BCUT2D eigenvalue weighted by atomic mass is 10.2. The summed E-state index contributed by atoms with van der Waals surface area (Å²) in [5.74, 6) is -1.04. The van der Waals surface area contributed by atoms with E-state index in [1.165, 1.54) is 0 Å². The Morgan fingerprint density at radius 1 is 1.45 bits per heavy atom. The molecule has 2 atom stereocenters. The number of amides is 1. The van der Waals surface area contributed by atoms with E-state index in [2.05, 4.69) is 10.6 Å². The first-order valence-corrected chi connectivity index (χ1v) is 6.26. The van der Waals surface area contributed by atoms with Gasteiger partial charge in [0.1, 0.15) is 5.75 Å². The first-order chi connectivity index (χ1) is 9.58. The first-order valence-electron chi connectivity index (χ1n) is 6.26. The Labute approximate surface area is 115 Å². The molecule has 0 radical (unpaired) electrons. The van der Waals surface area contributed by atoms with Crippen LogP contribution in [0.4, 0.5) is 5.69 Å². The summed E-state index contributed by atoms with van der Waals surface area (Å²) in [6.07, 6.45) is -2.19. The Bertz CT molecular complexity index is 505. The largest absolute Gasteiger partial charge is 0.479 e. The third-order valence-electron chi connectivity index (χ3n) is 2.93. The second-order valence-electron chi connectivity index (χ2n) is 4.42. The van der Waals surface area contributed by atoms with Gasteiger partial charge in [0.2, 0.25) is 0 Å². The predicted molar refractivity (Wildman–Crippen MR) is 70.6 cm³/mol. The van der Waals surface area contributed by atoms with Crippen molar-refractivity contribution in [2.45, 2.75) is 18.6 Å². The van der Waals surface area contributed by atoms with Crippen molar-refractivity contribution in [2.75, 3.05) is 18.4 Å². The van der Waals surface area contributed by atoms with Gasteiger partial charge in [-0.25, -0.2) is 4.79 Å². The molecule has 0 aliphatic carbocycles. The lowest BCUT2D eigenvalue weighted by Crippen LogP contribution is -2.45. The maximum Gasteiger partial charge on any atom is 0.332 e. The third kappa shape index (κ3) is 3.39. The molecule has 0 fully saturated rings. The Morgan fingerprint density at radius 2 is 2.20 bits per heavy atom. The van der Waals surface area contributed by atoms with Gasteiger partial charge >= 0.3 is 5.97 Å². The molecule has 1 aromatic carbocycles. The molecule has 7 heteroatoms. The van der Waals surface area contributed by atoms with Gasteiger partial charge in [0, 0.05) is 13.0 Å². The number of para-hydroxylation sites is 2. The number of ether oxygens (including phenoxy) is 1. The highest BCUT2D eigenvalue weighted by molar-refractivity contribution is 5.83. The lowest BCUT2D eigenvalue weighted by Gasteiger charge is -2.26. The standard InChI is InChI=1S/C13H16N2O5/c16-9(13(18)19)5-6-14-12(17)11-7-15-8-3-1-2-4-10(8)20-11/h1-4,9,11,15-16H,5-7H2,(H,14,17)(H,18,19). The number of hydrogen-bond acceptors (Lipinski definition) is 5. The number of fused-ring (bicyclic) bond motifs is 1. The minimum absolute atomic E-state index is 0.0438. The van der Waals surface area contributed by atoms with Crippen LogP contribution in [0.1, 0.15) is 6.42 Å². The van der Waals surface area contributed by atoms with Gasteiger partial charge in [-0.05, 0) is 12.1 Å². The first kappa shape index (κ1) is 14.1. The smallest absolute Gasteiger partial charge is 0.332 e. The normalized spacial score (nSPS) is 18.1. The molecular weight excluding hydrogens is 264 g/mol. The zero-order valence-electron chi connectivity index (χ0n) is 10.7. The molecule has 1 aromatic rings. The molecule has 108 valence electrons. The van der Waals surface area contributed by atoms with Crippen molar-refractivity contribution < 1.29 is 24.5 Å². The summed E-state index contributed by atoms with van der Waals surface area (Å²) in [7, 11) is 0. The number of carbonyl (C=O) groups excluding carboxylic acids is 1. The highest BCUT2D eigenvalue weighted by Gasteiger charge is 2.25. The van der Waals surface area contributed by atoms with Crippen molar-refractivity contribution in [3.63, 3.8) is 0 Å². The summed E-state index contributed by atoms with van der Waals surface area (Å²) < 4.78 is 5.55. The molecule has 1 amide bonds. The van der Waals surface area contributed by atoms with Gasteiger partial charge in [-0.15, -0.1) is 0 Å². The zero-order valence-corrected chi connectivity index (χ0v) is 10.7. The van der Waals surface area contributed by atoms with Gasteiger partial charge in [0.25, 0.3) is 5.91 Å². The fraction of sp³-hybridized carbons (Fsp3) is 0.385. The van der Waals surface area contributed by atoms with Crippen molar-refractivity contribution in [3.05, 3.63) is 24.3 Å². The van der Waals surface area contributed by atoms with Gasteiger partial charge in [-0.2, -0.15) is 0 Å². The molecule has 0 aromatic heterocycles. The van der Waals surface area contributed by atoms with E-state index in [9.17, 15) is 9.59 Å². The molecule has 2 unspecified atom stereocenters.